The molecule has 2 N–H and O–H groups in total. The lowest BCUT2D eigenvalue weighted by atomic mass is 9.99. The molecule has 0 saturated carbocycles. The maximum Gasteiger partial charge on any atom is 0.252 e. The van der Waals surface area contributed by atoms with Crippen LogP contribution in [-0.4, -0.2) is 25.1 Å². The van der Waals surface area contributed by atoms with Gasteiger partial charge in [-0.1, -0.05) is 31.0 Å². The Hall–Kier alpha value is -3.70. The molecule has 0 radical (unpaired) electrons. The Bertz CT molecular complexity index is 1310. The van der Waals surface area contributed by atoms with Crippen LogP contribution < -0.4 is 10.5 Å². The number of carbonyl (C=O) groups excluding carboxylic acids is 1. The van der Waals surface area contributed by atoms with E-state index in [9.17, 15) is 17.6 Å². The highest BCUT2D eigenvalue weighted by atomic mass is 32.2. The number of pyridine rings is 1. The molecule has 0 spiro atoms. The standard InChI is InChI=1S/C24H21FN2O4S/c1-3-16-8-9-18(21(25)11-16)12-19-13-27-14-22(23(19)24(26)28)31-20-7-5-6-17(10-20)15-32(29,30)4-2/h1,5-11,13-14H,4,12,15H2,2H3,(H2,26,28). The summed E-state index contributed by atoms with van der Waals surface area (Å²) in [6.45, 7) is 1.58. The largest absolute Gasteiger partial charge is 0.455 e. The number of carbonyl (C=O) groups is 1. The minimum atomic E-state index is -3.22. The molecular weight excluding hydrogens is 431 g/mol. The van der Waals surface area contributed by atoms with Gasteiger partial charge in [0.05, 0.1) is 17.5 Å². The summed E-state index contributed by atoms with van der Waals surface area (Å²) in [6.07, 6.45) is 8.10. The molecule has 2 aromatic carbocycles. The molecule has 1 amide bonds. The predicted octanol–water partition coefficient (Wildman–Crippen LogP) is 3.62. The van der Waals surface area contributed by atoms with E-state index in [0.717, 1.165) is 0 Å². The third-order valence-corrected chi connectivity index (χ3v) is 6.44. The van der Waals surface area contributed by atoms with E-state index in [-0.39, 0.29) is 29.2 Å². The molecule has 3 rings (SSSR count). The van der Waals surface area contributed by atoms with Crippen LogP contribution in [0.25, 0.3) is 0 Å². The summed E-state index contributed by atoms with van der Waals surface area (Å²) in [4.78, 5) is 16.3. The molecular formula is C24H21FN2O4S. The molecule has 0 aliphatic heterocycles. The number of nitrogens with zero attached hydrogens (tertiary/aromatic N) is 1. The third-order valence-electron chi connectivity index (χ3n) is 4.79. The molecule has 0 atom stereocenters. The van der Waals surface area contributed by atoms with Gasteiger partial charge in [-0.2, -0.15) is 0 Å². The number of aromatic nitrogens is 1. The topological polar surface area (TPSA) is 99.3 Å². The van der Waals surface area contributed by atoms with Gasteiger partial charge in [0.1, 0.15) is 11.6 Å². The van der Waals surface area contributed by atoms with Gasteiger partial charge in [0.25, 0.3) is 5.91 Å². The van der Waals surface area contributed by atoms with Crippen LogP contribution in [0.5, 0.6) is 11.5 Å². The molecule has 0 aliphatic rings. The normalized spacial score (nSPS) is 11.0. The minimum absolute atomic E-state index is 0.0226. The van der Waals surface area contributed by atoms with Crippen LogP contribution in [0.3, 0.4) is 0 Å². The van der Waals surface area contributed by atoms with Crippen molar-refractivity contribution >= 4 is 15.7 Å². The van der Waals surface area contributed by atoms with Crippen molar-refractivity contribution in [3.63, 3.8) is 0 Å². The van der Waals surface area contributed by atoms with Gasteiger partial charge in [0, 0.05) is 23.9 Å². The summed E-state index contributed by atoms with van der Waals surface area (Å²) in [7, 11) is -3.22. The Morgan fingerprint density at radius 1 is 1.19 bits per heavy atom. The minimum Gasteiger partial charge on any atom is -0.455 e. The highest BCUT2D eigenvalue weighted by Crippen LogP contribution is 2.29. The molecule has 0 fully saturated rings. The molecule has 1 aromatic heterocycles. The molecule has 32 heavy (non-hydrogen) atoms. The van der Waals surface area contributed by atoms with Crippen LogP contribution in [0.2, 0.25) is 0 Å². The number of nitrogens with two attached hydrogens (primary N) is 1. The van der Waals surface area contributed by atoms with Crippen molar-refractivity contribution in [2.45, 2.75) is 19.1 Å². The van der Waals surface area contributed by atoms with Crippen LogP contribution in [0, 0.1) is 18.2 Å². The van der Waals surface area contributed by atoms with Gasteiger partial charge >= 0.3 is 0 Å². The fraction of sp³-hybridized carbons (Fsp3) is 0.167. The maximum atomic E-state index is 14.4. The second-order valence-corrected chi connectivity index (χ2v) is 9.44. The van der Waals surface area contributed by atoms with Crippen LogP contribution in [0.4, 0.5) is 4.39 Å². The smallest absolute Gasteiger partial charge is 0.252 e. The summed E-state index contributed by atoms with van der Waals surface area (Å²) in [6, 6.07) is 10.9. The van der Waals surface area contributed by atoms with E-state index in [1.165, 1.54) is 18.5 Å². The number of hydrogen-bond donors (Lipinski definition) is 1. The zero-order valence-corrected chi connectivity index (χ0v) is 18.2. The number of halogens is 1. The van der Waals surface area contributed by atoms with E-state index in [2.05, 4.69) is 10.9 Å². The number of sulfone groups is 1. The van der Waals surface area contributed by atoms with Crippen molar-refractivity contribution in [3.05, 3.63) is 88.5 Å². The van der Waals surface area contributed by atoms with Gasteiger partial charge in [-0.05, 0) is 41.0 Å². The lowest BCUT2D eigenvalue weighted by molar-refractivity contribution is 0.0997. The monoisotopic (exact) mass is 452 g/mol. The molecule has 8 heteroatoms. The van der Waals surface area contributed by atoms with Gasteiger partial charge < -0.3 is 10.5 Å². The summed E-state index contributed by atoms with van der Waals surface area (Å²) < 4.78 is 44.1. The second kappa shape index (κ2) is 9.62. The zero-order valence-electron chi connectivity index (χ0n) is 17.3. The SMILES string of the molecule is C#Cc1ccc(Cc2cncc(Oc3cccc(CS(=O)(=O)CC)c3)c2C(N)=O)c(F)c1. The Morgan fingerprint density at radius 3 is 2.62 bits per heavy atom. The van der Waals surface area contributed by atoms with Crippen molar-refractivity contribution in [3.8, 4) is 23.8 Å². The van der Waals surface area contributed by atoms with E-state index in [0.29, 0.717) is 28.0 Å². The summed E-state index contributed by atoms with van der Waals surface area (Å²) in [5, 5.41) is 0. The van der Waals surface area contributed by atoms with E-state index in [1.54, 1.807) is 43.3 Å². The average molecular weight is 453 g/mol. The molecule has 0 unspecified atom stereocenters. The van der Waals surface area contributed by atoms with Gasteiger partial charge in [0.2, 0.25) is 0 Å². The highest BCUT2D eigenvalue weighted by Gasteiger charge is 2.19. The quantitative estimate of drug-likeness (QED) is 0.526. The predicted molar refractivity (Wildman–Crippen MR) is 120 cm³/mol. The van der Waals surface area contributed by atoms with Gasteiger partial charge in [-0.3, -0.25) is 9.78 Å². The first-order valence-corrected chi connectivity index (χ1v) is 11.5. The van der Waals surface area contributed by atoms with Crippen molar-refractivity contribution in [2.24, 2.45) is 5.73 Å². The van der Waals surface area contributed by atoms with E-state index >= 15 is 0 Å². The Labute approximate surface area is 186 Å². The number of benzene rings is 2. The first-order valence-electron chi connectivity index (χ1n) is 9.71. The number of primary amides is 1. The van der Waals surface area contributed by atoms with Gasteiger partial charge in [-0.15, -0.1) is 6.42 Å². The van der Waals surface area contributed by atoms with Crippen LogP contribution >= 0.6 is 0 Å². The summed E-state index contributed by atoms with van der Waals surface area (Å²) >= 11 is 0. The van der Waals surface area contributed by atoms with Crippen molar-refractivity contribution in [1.29, 1.82) is 0 Å². The summed E-state index contributed by atoms with van der Waals surface area (Å²) in [5.41, 5.74) is 7.30. The highest BCUT2D eigenvalue weighted by molar-refractivity contribution is 7.90. The van der Waals surface area contributed by atoms with E-state index in [1.807, 2.05) is 0 Å². The molecule has 1 heterocycles. The van der Waals surface area contributed by atoms with Gasteiger partial charge in [0.15, 0.2) is 15.6 Å². The third kappa shape index (κ3) is 5.50. The van der Waals surface area contributed by atoms with E-state index in [4.69, 9.17) is 16.9 Å². The zero-order chi connectivity index (χ0) is 23.3. The fourth-order valence-electron chi connectivity index (χ4n) is 3.14. The fourth-order valence-corrected chi connectivity index (χ4v) is 4.03. The number of terminal acetylenes is 1. The summed E-state index contributed by atoms with van der Waals surface area (Å²) in [5.74, 6) is 1.39. The molecule has 0 aliphatic carbocycles. The Morgan fingerprint density at radius 2 is 1.97 bits per heavy atom. The van der Waals surface area contributed by atoms with Crippen LogP contribution in [0.15, 0.2) is 54.9 Å². The maximum absolute atomic E-state index is 14.4. The Kier molecular flexibility index (Phi) is 6.91. The number of rotatable bonds is 8. The molecule has 164 valence electrons. The Balaban J connectivity index is 1.94. The molecule has 6 nitrogen and oxygen atoms in total. The lowest BCUT2D eigenvalue weighted by Crippen LogP contribution is -2.16. The van der Waals surface area contributed by atoms with Crippen LogP contribution in [-0.2, 0) is 22.0 Å². The van der Waals surface area contributed by atoms with Crippen LogP contribution in [0.1, 0.15) is 39.5 Å². The van der Waals surface area contributed by atoms with Gasteiger partial charge in [-0.25, -0.2) is 12.8 Å². The number of hydrogen-bond acceptors (Lipinski definition) is 5. The number of ether oxygens (including phenoxy) is 1. The first kappa shape index (κ1) is 23.0. The van der Waals surface area contributed by atoms with Crippen molar-refractivity contribution in [2.75, 3.05) is 5.75 Å². The average Bonchev–Trinajstić information content (AvgIpc) is 2.75. The first-order chi connectivity index (χ1) is 15.2. The lowest BCUT2D eigenvalue weighted by Gasteiger charge is -2.14. The molecule has 0 saturated heterocycles. The second-order valence-electron chi connectivity index (χ2n) is 7.09. The molecule has 3 aromatic rings. The molecule has 0 bridgehead atoms. The van der Waals surface area contributed by atoms with Crippen molar-refractivity contribution < 1.29 is 22.3 Å². The van der Waals surface area contributed by atoms with Crippen molar-refractivity contribution in [1.82, 2.24) is 4.98 Å². The number of amides is 1. The van der Waals surface area contributed by atoms with E-state index < -0.39 is 21.6 Å².